The predicted molar refractivity (Wildman–Crippen MR) is 252 cm³/mol. The lowest BCUT2D eigenvalue weighted by Crippen LogP contribution is -2.30. The minimum Gasteiger partial charge on any atom is -0.462 e. The molecule has 1 unspecified atom stereocenters. The minimum atomic E-state index is -0.759. The smallest absolute Gasteiger partial charge is 0.306 e. The lowest BCUT2D eigenvalue weighted by Gasteiger charge is -2.18. The predicted octanol–water partition coefficient (Wildman–Crippen LogP) is 17.1. The quantitative estimate of drug-likeness (QED) is 0.0345. The molecule has 0 aromatic heterocycles. The second-order valence-corrected chi connectivity index (χ2v) is 18.4. The Bertz CT molecular complexity index is 889. The monoisotopic (exact) mass is 835 g/mol. The highest BCUT2D eigenvalue weighted by Crippen LogP contribution is 2.18. The van der Waals surface area contributed by atoms with Gasteiger partial charge >= 0.3 is 17.9 Å². The van der Waals surface area contributed by atoms with E-state index < -0.39 is 6.10 Å². The van der Waals surface area contributed by atoms with Crippen molar-refractivity contribution in [1.82, 2.24) is 0 Å². The maximum absolute atomic E-state index is 12.8. The molecule has 0 N–H and O–H groups in total. The van der Waals surface area contributed by atoms with Crippen molar-refractivity contribution in [3.8, 4) is 0 Å². The summed E-state index contributed by atoms with van der Waals surface area (Å²) in [7, 11) is 0. The molecule has 0 aliphatic carbocycles. The Morgan fingerprint density at radius 1 is 0.339 bits per heavy atom. The molecule has 6 nitrogen and oxygen atoms in total. The van der Waals surface area contributed by atoms with Crippen molar-refractivity contribution in [3.05, 3.63) is 0 Å². The van der Waals surface area contributed by atoms with E-state index in [9.17, 15) is 14.4 Å². The van der Waals surface area contributed by atoms with Gasteiger partial charge in [0.15, 0.2) is 6.10 Å². The van der Waals surface area contributed by atoms with Crippen molar-refractivity contribution in [3.63, 3.8) is 0 Å². The van der Waals surface area contributed by atoms with Crippen LogP contribution in [-0.2, 0) is 28.6 Å². The first-order valence-electron chi connectivity index (χ1n) is 26.4. The van der Waals surface area contributed by atoms with E-state index >= 15 is 0 Å². The van der Waals surface area contributed by atoms with Gasteiger partial charge in [-0.25, -0.2) is 0 Å². The van der Waals surface area contributed by atoms with E-state index in [1.807, 2.05) is 0 Å². The van der Waals surface area contributed by atoms with Gasteiger partial charge in [-0.05, 0) is 25.2 Å². The van der Waals surface area contributed by atoms with Crippen molar-refractivity contribution >= 4 is 17.9 Å². The molecule has 0 aliphatic rings. The molecule has 0 bridgehead atoms. The Labute approximate surface area is 368 Å². The number of hydrogen-bond donors (Lipinski definition) is 0. The third-order valence-electron chi connectivity index (χ3n) is 12.4. The Morgan fingerprint density at radius 2 is 0.593 bits per heavy atom. The summed E-state index contributed by atoms with van der Waals surface area (Å²) < 4.78 is 16.8. The number of unbranched alkanes of at least 4 members (excludes halogenated alkanes) is 34. The maximum atomic E-state index is 12.8. The van der Waals surface area contributed by atoms with Crippen LogP contribution in [0.4, 0.5) is 0 Å². The Hall–Kier alpha value is -1.59. The summed E-state index contributed by atoms with van der Waals surface area (Å²) in [4.78, 5) is 37.8. The lowest BCUT2D eigenvalue weighted by molar-refractivity contribution is -0.167. The maximum Gasteiger partial charge on any atom is 0.306 e. The number of carbonyl (C=O) groups excluding carboxylic acids is 3. The second-order valence-electron chi connectivity index (χ2n) is 18.4. The summed E-state index contributed by atoms with van der Waals surface area (Å²) in [5.74, 6) is 0.0608. The van der Waals surface area contributed by atoms with Crippen LogP contribution in [0.15, 0.2) is 0 Å². The zero-order valence-corrected chi connectivity index (χ0v) is 40.2. The van der Waals surface area contributed by atoms with Gasteiger partial charge in [0.1, 0.15) is 13.2 Å². The molecule has 350 valence electrons. The molecule has 59 heavy (non-hydrogen) atoms. The average molecular weight is 835 g/mol. The van der Waals surface area contributed by atoms with Gasteiger partial charge < -0.3 is 14.2 Å². The summed E-state index contributed by atoms with van der Waals surface area (Å²) in [5.41, 5.74) is 0. The van der Waals surface area contributed by atoms with Gasteiger partial charge in [0.25, 0.3) is 0 Å². The first-order valence-corrected chi connectivity index (χ1v) is 26.4. The second kappa shape index (κ2) is 47.5. The largest absolute Gasteiger partial charge is 0.462 e. The average Bonchev–Trinajstić information content (AvgIpc) is 3.23. The summed E-state index contributed by atoms with van der Waals surface area (Å²) >= 11 is 0. The van der Waals surface area contributed by atoms with E-state index in [4.69, 9.17) is 14.2 Å². The van der Waals surface area contributed by atoms with Gasteiger partial charge in [0.2, 0.25) is 0 Å². The summed E-state index contributed by atoms with van der Waals surface area (Å²) in [6.07, 6.45) is 49.5. The third kappa shape index (κ3) is 45.8. The zero-order valence-electron chi connectivity index (χ0n) is 40.2. The molecule has 0 aromatic rings. The first kappa shape index (κ1) is 57.4. The van der Waals surface area contributed by atoms with Gasteiger partial charge in [-0.2, -0.15) is 0 Å². The van der Waals surface area contributed by atoms with Gasteiger partial charge in [0.05, 0.1) is 0 Å². The molecule has 2 atom stereocenters. The zero-order chi connectivity index (χ0) is 43.1. The molecule has 0 heterocycles. The number of ether oxygens (including phenoxy) is 3. The Balaban J connectivity index is 4.15. The van der Waals surface area contributed by atoms with E-state index in [-0.39, 0.29) is 31.1 Å². The number of hydrogen-bond acceptors (Lipinski definition) is 6. The van der Waals surface area contributed by atoms with E-state index in [0.717, 1.165) is 63.7 Å². The highest BCUT2D eigenvalue weighted by atomic mass is 16.6. The summed E-state index contributed by atoms with van der Waals surface area (Å²) in [6.45, 7) is 9.05. The molecule has 0 spiro atoms. The van der Waals surface area contributed by atoms with Crippen LogP contribution in [0.3, 0.4) is 0 Å². The van der Waals surface area contributed by atoms with Crippen LogP contribution in [-0.4, -0.2) is 37.2 Å². The van der Waals surface area contributed by atoms with Crippen molar-refractivity contribution in [2.24, 2.45) is 5.92 Å². The van der Waals surface area contributed by atoms with Crippen LogP contribution in [0.1, 0.15) is 297 Å². The molecule has 0 rings (SSSR count). The van der Waals surface area contributed by atoms with Gasteiger partial charge in [0, 0.05) is 19.3 Å². The number of esters is 3. The van der Waals surface area contributed by atoms with Crippen LogP contribution in [0, 0.1) is 5.92 Å². The standard InChI is InChI=1S/C53H102O6/c1-5-8-10-12-14-16-29-33-37-41-45-52(55)58-48-50(47-57-51(54)44-40-36-32-27-15-13-11-9-6-2)59-53(56)46-42-38-34-30-26-24-22-20-18-17-19-21-23-25-28-31-35-39-43-49(4)7-3/h49-50H,5-48H2,1-4H3/t49?,50-/m0/s1. The molecule has 0 saturated carbocycles. The Kier molecular flexibility index (Phi) is 46.2. The fourth-order valence-electron chi connectivity index (χ4n) is 8.01. The van der Waals surface area contributed by atoms with E-state index in [0.29, 0.717) is 19.3 Å². The highest BCUT2D eigenvalue weighted by molar-refractivity contribution is 5.71. The highest BCUT2D eigenvalue weighted by Gasteiger charge is 2.19. The van der Waals surface area contributed by atoms with Crippen LogP contribution < -0.4 is 0 Å². The molecule has 0 fully saturated rings. The van der Waals surface area contributed by atoms with Crippen LogP contribution >= 0.6 is 0 Å². The van der Waals surface area contributed by atoms with E-state index in [1.165, 1.54) is 193 Å². The van der Waals surface area contributed by atoms with Crippen LogP contribution in [0.25, 0.3) is 0 Å². The molecule has 0 radical (unpaired) electrons. The van der Waals surface area contributed by atoms with Crippen molar-refractivity contribution in [2.45, 2.75) is 303 Å². The van der Waals surface area contributed by atoms with Crippen LogP contribution in [0.5, 0.6) is 0 Å². The summed E-state index contributed by atoms with van der Waals surface area (Å²) in [5, 5.41) is 0. The molecule has 0 aromatic carbocycles. The Morgan fingerprint density at radius 3 is 0.881 bits per heavy atom. The van der Waals surface area contributed by atoms with Crippen molar-refractivity contribution in [1.29, 1.82) is 0 Å². The first-order chi connectivity index (χ1) is 28.9. The lowest BCUT2D eigenvalue weighted by atomic mass is 9.99. The third-order valence-corrected chi connectivity index (χ3v) is 12.4. The number of carbonyl (C=O) groups is 3. The molecule has 6 heteroatoms. The fraction of sp³-hybridized carbons (Fsp3) is 0.943. The molecule has 0 saturated heterocycles. The molecular weight excluding hydrogens is 733 g/mol. The summed E-state index contributed by atoms with van der Waals surface area (Å²) in [6, 6.07) is 0. The van der Waals surface area contributed by atoms with Gasteiger partial charge in [-0.15, -0.1) is 0 Å². The van der Waals surface area contributed by atoms with Gasteiger partial charge in [-0.1, -0.05) is 259 Å². The molecule has 0 amide bonds. The molecular formula is C53H102O6. The topological polar surface area (TPSA) is 78.9 Å². The molecule has 0 aliphatic heterocycles. The van der Waals surface area contributed by atoms with E-state index in [1.54, 1.807) is 0 Å². The van der Waals surface area contributed by atoms with Crippen molar-refractivity contribution < 1.29 is 28.6 Å². The van der Waals surface area contributed by atoms with Crippen LogP contribution in [0.2, 0.25) is 0 Å². The van der Waals surface area contributed by atoms with Gasteiger partial charge in [-0.3, -0.25) is 14.4 Å². The van der Waals surface area contributed by atoms with Crippen molar-refractivity contribution in [2.75, 3.05) is 13.2 Å². The normalized spacial score (nSPS) is 12.4. The fourth-order valence-corrected chi connectivity index (χ4v) is 8.01. The number of rotatable bonds is 48. The SMILES string of the molecule is CCCCCCCCCCCCC(=O)OC[C@H](COC(=O)CCCCCCCCCCC)OC(=O)CCCCCCCCCCCCCCCCCCCCC(C)CC. The minimum absolute atomic E-state index is 0.0630. The van der Waals surface area contributed by atoms with E-state index in [2.05, 4.69) is 27.7 Å².